The molecule has 1 amide bonds. The molecule has 0 saturated carbocycles. The molecule has 0 fully saturated rings. The fourth-order valence-electron chi connectivity index (χ4n) is 9.94. The Morgan fingerprint density at radius 2 is 0.600 bits per heavy atom. The van der Waals surface area contributed by atoms with Gasteiger partial charge in [-0.25, -0.2) is 0 Å². The van der Waals surface area contributed by atoms with Crippen molar-refractivity contribution in [1.82, 2.24) is 5.32 Å². The van der Waals surface area contributed by atoms with Crippen molar-refractivity contribution >= 4 is 5.91 Å². The number of allylic oxidation sites excluding steroid dienone is 7. The molecule has 0 bridgehead atoms. The van der Waals surface area contributed by atoms with Gasteiger partial charge in [-0.3, -0.25) is 4.79 Å². The molecule has 0 aromatic carbocycles. The third-order valence-electron chi connectivity index (χ3n) is 14.8. The predicted molar refractivity (Wildman–Crippen MR) is 313 cm³/mol. The normalized spacial score (nSPS) is 13.0. The second kappa shape index (κ2) is 61.6. The molecule has 0 aliphatic carbocycles. The summed E-state index contributed by atoms with van der Waals surface area (Å²) in [6.07, 6.45) is 86.0. The average Bonchev–Trinajstić information content (AvgIpc) is 3.36. The van der Waals surface area contributed by atoms with Crippen LogP contribution in [-0.4, -0.2) is 34.9 Å². The number of unbranched alkanes of at least 4 members (excludes halogenated alkanes) is 46. The summed E-state index contributed by atoms with van der Waals surface area (Å²) in [6, 6.07) is -0.640. The van der Waals surface area contributed by atoms with E-state index in [9.17, 15) is 15.0 Å². The zero-order chi connectivity index (χ0) is 50.6. The summed E-state index contributed by atoms with van der Waals surface area (Å²) in [4.78, 5) is 12.5. The minimum atomic E-state index is -0.863. The minimum Gasteiger partial charge on any atom is -0.394 e. The number of aliphatic hydroxyl groups is 2. The van der Waals surface area contributed by atoms with Crippen LogP contribution in [0.25, 0.3) is 0 Å². The number of hydrogen-bond donors (Lipinski definition) is 3. The molecule has 0 spiro atoms. The van der Waals surface area contributed by atoms with E-state index in [1.807, 2.05) is 6.08 Å². The van der Waals surface area contributed by atoms with Gasteiger partial charge >= 0.3 is 0 Å². The Morgan fingerprint density at radius 1 is 0.343 bits per heavy atom. The van der Waals surface area contributed by atoms with Crippen LogP contribution in [0.3, 0.4) is 0 Å². The van der Waals surface area contributed by atoms with E-state index in [-0.39, 0.29) is 12.5 Å². The van der Waals surface area contributed by atoms with Crippen LogP contribution in [0.4, 0.5) is 0 Å². The minimum absolute atomic E-state index is 0.0676. The molecule has 70 heavy (non-hydrogen) atoms. The van der Waals surface area contributed by atoms with Crippen molar-refractivity contribution in [2.75, 3.05) is 6.61 Å². The Labute approximate surface area is 439 Å². The molecule has 4 nitrogen and oxygen atoms in total. The van der Waals surface area contributed by atoms with Gasteiger partial charge in [-0.1, -0.05) is 326 Å². The lowest BCUT2D eigenvalue weighted by molar-refractivity contribution is -0.123. The van der Waals surface area contributed by atoms with Gasteiger partial charge in [0.2, 0.25) is 5.91 Å². The summed E-state index contributed by atoms with van der Waals surface area (Å²) >= 11 is 0. The highest BCUT2D eigenvalue weighted by atomic mass is 16.3. The molecule has 412 valence electrons. The SMILES string of the molecule is CCCCCCC/C=C\C/C=C\CCCCCCCCCCCCCCCCCCCCCCCC(=O)NC(CO)C(O)/C=C/CC/C=C/CCCCCCCCCCCCCCCCCCCCC. The van der Waals surface area contributed by atoms with Gasteiger partial charge < -0.3 is 15.5 Å². The van der Waals surface area contributed by atoms with Crippen molar-refractivity contribution in [3.05, 3.63) is 48.6 Å². The van der Waals surface area contributed by atoms with Gasteiger partial charge in [0.05, 0.1) is 18.8 Å². The summed E-state index contributed by atoms with van der Waals surface area (Å²) in [5, 5.41) is 23.2. The third-order valence-corrected chi connectivity index (χ3v) is 14.8. The second-order valence-electron chi connectivity index (χ2n) is 21.8. The first kappa shape index (κ1) is 68.4. The van der Waals surface area contributed by atoms with E-state index in [0.717, 1.165) is 38.5 Å². The van der Waals surface area contributed by atoms with Crippen molar-refractivity contribution in [1.29, 1.82) is 0 Å². The van der Waals surface area contributed by atoms with Gasteiger partial charge in [0.15, 0.2) is 0 Å². The first-order valence-corrected chi connectivity index (χ1v) is 31.9. The number of amides is 1. The lowest BCUT2D eigenvalue weighted by Gasteiger charge is -2.19. The Morgan fingerprint density at radius 3 is 0.914 bits per heavy atom. The van der Waals surface area contributed by atoms with Crippen LogP contribution in [0.2, 0.25) is 0 Å². The number of hydrogen-bond acceptors (Lipinski definition) is 3. The first-order chi connectivity index (χ1) is 34.7. The van der Waals surface area contributed by atoms with E-state index in [2.05, 4.69) is 55.6 Å². The van der Waals surface area contributed by atoms with E-state index in [0.29, 0.717) is 6.42 Å². The number of aliphatic hydroxyl groups excluding tert-OH is 2. The lowest BCUT2D eigenvalue weighted by Crippen LogP contribution is -2.45. The molecule has 0 saturated heterocycles. The number of carbonyl (C=O) groups is 1. The van der Waals surface area contributed by atoms with Crippen molar-refractivity contribution in [2.45, 2.75) is 360 Å². The number of carbonyl (C=O) groups excluding carboxylic acids is 1. The molecule has 0 radical (unpaired) electrons. The highest BCUT2D eigenvalue weighted by Gasteiger charge is 2.18. The van der Waals surface area contributed by atoms with Crippen LogP contribution >= 0.6 is 0 Å². The Bertz CT molecular complexity index is 1110. The largest absolute Gasteiger partial charge is 0.394 e. The van der Waals surface area contributed by atoms with Gasteiger partial charge in [-0.2, -0.15) is 0 Å². The van der Waals surface area contributed by atoms with Crippen LogP contribution in [0.15, 0.2) is 48.6 Å². The Kier molecular flexibility index (Phi) is 60.2. The molecule has 4 heteroatoms. The molecular weight excluding hydrogens is 855 g/mol. The summed E-state index contributed by atoms with van der Waals surface area (Å²) in [5.74, 6) is -0.0676. The molecule has 0 heterocycles. The van der Waals surface area contributed by atoms with E-state index in [1.165, 1.54) is 289 Å². The van der Waals surface area contributed by atoms with E-state index in [4.69, 9.17) is 0 Å². The number of rotatable bonds is 59. The van der Waals surface area contributed by atoms with Crippen molar-refractivity contribution < 1.29 is 15.0 Å². The first-order valence-electron chi connectivity index (χ1n) is 31.9. The van der Waals surface area contributed by atoms with E-state index >= 15 is 0 Å². The Hall–Kier alpha value is -1.65. The molecule has 3 N–H and O–H groups in total. The predicted octanol–water partition coefficient (Wildman–Crippen LogP) is 21.4. The van der Waals surface area contributed by atoms with Crippen LogP contribution < -0.4 is 5.32 Å². The smallest absolute Gasteiger partial charge is 0.220 e. The molecule has 0 rings (SSSR count). The standard InChI is InChI=1S/C66H125NO3/c1-3-5-7-9-11-13-15-17-19-21-23-25-27-29-30-31-32-33-34-35-36-38-40-42-44-46-48-50-52-54-56-58-60-62-66(70)67-64(63-68)65(69)61-59-57-55-53-51-49-47-45-43-41-39-37-28-26-24-22-20-18-16-14-12-10-8-6-4-2/h15,17,21,23,51,53,59,61,64-65,68-69H,3-14,16,18-20,22,24-50,52,54-58,60,62-63H2,1-2H3,(H,67,70)/b17-15-,23-21-,53-51+,61-59+. The summed E-state index contributed by atoms with van der Waals surface area (Å²) in [7, 11) is 0. The monoisotopic (exact) mass is 980 g/mol. The van der Waals surface area contributed by atoms with Gasteiger partial charge in [-0.15, -0.1) is 0 Å². The lowest BCUT2D eigenvalue weighted by atomic mass is 10.0. The molecule has 0 aromatic heterocycles. The molecular formula is C66H125NO3. The van der Waals surface area contributed by atoms with E-state index < -0.39 is 12.1 Å². The Balaban J connectivity index is 3.47. The van der Waals surface area contributed by atoms with E-state index in [1.54, 1.807) is 6.08 Å². The fraction of sp³-hybridized carbons (Fsp3) is 0.864. The maximum atomic E-state index is 12.5. The number of nitrogens with one attached hydrogen (secondary N) is 1. The summed E-state index contributed by atoms with van der Waals surface area (Å²) < 4.78 is 0. The van der Waals surface area contributed by atoms with Crippen molar-refractivity contribution in [3.8, 4) is 0 Å². The van der Waals surface area contributed by atoms with Gasteiger partial charge in [-0.05, 0) is 64.2 Å². The van der Waals surface area contributed by atoms with Gasteiger partial charge in [0, 0.05) is 6.42 Å². The van der Waals surface area contributed by atoms with Crippen molar-refractivity contribution in [3.63, 3.8) is 0 Å². The molecule has 2 unspecified atom stereocenters. The molecule has 2 atom stereocenters. The molecule has 0 aromatic rings. The quantitative estimate of drug-likeness (QED) is 0.0420. The van der Waals surface area contributed by atoms with Crippen LogP contribution in [0.5, 0.6) is 0 Å². The maximum Gasteiger partial charge on any atom is 0.220 e. The maximum absolute atomic E-state index is 12.5. The summed E-state index contributed by atoms with van der Waals surface area (Å²) in [5.41, 5.74) is 0. The highest BCUT2D eigenvalue weighted by molar-refractivity contribution is 5.76. The van der Waals surface area contributed by atoms with Crippen LogP contribution in [0.1, 0.15) is 348 Å². The topological polar surface area (TPSA) is 69.6 Å². The van der Waals surface area contributed by atoms with Gasteiger partial charge in [0.25, 0.3) is 0 Å². The molecule has 0 aliphatic heterocycles. The zero-order valence-electron chi connectivity index (χ0n) is 47.6. The zero-order valence-corrected chi connectivity index (χ0v) is 47.6. The summed E-state index contributed by atoms with van der Waals surface area (Å²) in [6.45, 7) is 4.32. The fourth-order valence-corrected chi connectivity index (χ4v) is 9.94. The van der Waals surface area contributed by atoms with Crippen LogP contribution in [0, 0.1) is 0 Å². The third kappa shape index (κ3) is 57.3. The highest BCUT2D eigenvalue weighted by Crippen LogP contribution is 2.18. The average molecular weight is 981 g/mol. The van der Waals surface area contributed by atoms with Crippen LogP contribution in [-0.2, 0) is 4.79 Å². The second-order valence-corrected chi connectivity index (χ2v) is 21.8. The molecule has 0 aliphatic rings. The van der Waals surface area contributed by atoms with Gasteiger partial charge in [0.1, 0.15) is 0 Å². The van der Waals surface area contributed by atoms with Crippen molar-refractivity contribution in [2.24, 2.45) is 0 Å².